The molecular weight excluding hydrogens is 352 g/mol. The highest BCUT2D eigenvalue weighted by atomic mass is 32.1. The molecule has 1 fully saturated rings. The monoisotopic (exact) mass is 376 g/mol. The number of amides is 2. The Bertz CT molecular complexity index is 723. The second kappa shape index (κ2) is 8.31. The Kier molecular flexibility index (Phi) is 5.88. The van der Waals surface area contributed by atoms with Crippen LogP contribution in [0.5, 0.6) is 17.2 Å². The zero-order valence-corrected chi connectivity index (χ0v) is 16.1. The number of hydrogen-bond acceptors (Lipinski definition) is 5. The molecule has 1 aromatic carbocycles. The highest BCUT2D eigenvalue weighted by molar-refractivity contribution is 7.10. The molecule has 1 aliphatic heterocycles. The maximum Gasteiger partial charge on any atom is 0.318 e. The van der Waals surface area contributed by atoms with Crippen molar-refractivity contribution in [1.29, 1.82) is 0 Å². The van der Waals surface area contributed by atoms with E-state index in [1.54, 1.807) is 32.7 Å². The third kappa shape index (κ3) is 3.72. The van der Waals surface area contributed by atoms with Crippen LogP contribution >= 0.6 is 11.3 Å². The summed E-state index contributed by atoms with van der Waals surface area (Å²) in [6.45, 7) is 1.17. The molecule has 1 atom stereocenters. The van der Waals surface area contributed by atoms with Gasteiger partial charge in [-0.1, -0.05) is 6.07 Å². The summed E-state index contributed by atoms with van der Waals surface area (Å²) in [5, 5.41) is 5.07. The van der Waals surface area contributed by atoms with Gasteiger partial charge in [0.2, 0.25) is 5.75 Å². The predicted octanol–water partition coefficient (Wildman–Crippen LogP) is 3.82. The Hall–Kier alpha value is -2.41. The third-order valence-corrected chi connectivity index (χ3v) is 5.53. The number of ether oxygens (including phenoxy) is 3. The van der Waals surface area contributed by atoms with Crippen molar-refractivity contribution in [2.24, 2.45) is 0 Å². The fourth-order valence-corrected chi connectivity index (χ4v) is 4.18. The SMILES string of the molecule is COc1cc(CNC(=O)N2CCCC2c2cccs2)cc(OC)c1OC. The normalized spacial score (nSPS) is 16.4. The molecule has 2 aromatic rings. The van der Waals surface area contributed by atoms with E-state index in [-0.39, 0.29) is 12.1 Å². The van der Waals surface area contributed by atoms with E-state index < -0.39 is 0 Å². The van der Waals surface area contributed by atoms with Gasteiger partial charge in [-0.05, 0) is 42.0 Å². The summed E-state index contributed by atoms with van der Waals surface area (Å²) in [5.41, 5.74) is 0.889. The lowest BCUT2D eigenvalue weighted by molar-refractivity contribution is 0.193. The summed E-state index contributed by atoms with van der Waals surface area (Å²) in [5.74, 6) is 1.70. The van der Waals surface area contributed by atoms with Gasteiger partial charge in [0.1, 0.15) is 0 Å². The first kappa shape index (κ1) is 18.4. The topological polar surface area (TPSA) is 60.0 Å². The van der Waals surface area contributed by atoms with E-state index >= 15 is 0 Å². The first-order valence-corrected chi connectivity index (χ1v) is 9.42. The lowest BCUT2D eigenvalue weighted by atomic mass is 10.1. The van der Waals surface area contributed by atoms with Crippen molar-refractivity contribution in [2.45, 2.75) is 25.4 Å². The molecule has 0 radical (unpaired) electrons. The lowest BCUT2D eigenvalue weighted by Gasteiger charge is -2.24. The molecule has 6 nitrogen and oxygen atoms in total. The van der Waals surface area contributed by atoms with Crippen LogP contribution in [0.2, 0.25) is 0 Å². The Balaban J connectivity index is 1.69. The molecule has 0 saturated carbocycles. The number of thiophene rings is 1. The fourth-order valence-electron chi connectivity index (χ4n) is 3.30. The molecule has 1 saturated heterocycles. The maximum atomic E-state index is 12.7. The standard InChI is InChI=1S/C19H24N2O4S/c1-23-15-10-13(11-16(24-2)18(15)25-3)12-20-19(22)21-8-4-6-14(21)17-7-5-9-26-17/h5,7,9-11,14H,4,6,8,12H2,1-3H3,(H,20,22). The van der Waals surface area contributed by atoms with E-state index in [2.05, 4.69) is 16.8 Å². The van der Waals surface area contributed by atoms with Crippen LogP contribution in [0.15, 0.2) is 29.6 Å². The minimum Gasteiger partial charge on any atom is -0.493 e. The molecule has 26 heavy (non-hydrogen) atoms. The van der Waals surface area contributed by atoms with Crippen LogP contribution in [0.1, 0.15) is 29.3 Å². The summed E-state index contributed by atoms with van der Waals surface area (Å²) in [7, 11) is 4.73. The number of nitrogens with zero attached hydrogens (tertiary/aromatic N) is 1. The number of carbonyl (C=O) groups is 1. The quantitative estimate of drug-likeness (QED) is 0.833. The van der Waals surface area contributed by atoms with Crippen molar-refractivity contribution in [3.8, 4) is 17.2 Å². The van der Waals surface area contributed by atoms with Gasteiger partial charge in [0, 0.05) is 18.0 Å². The largest absolute Gasteiger partial charge is 0.493 e. The van der Waals surface area contributed by atoms with Crippen LogP contribution in [0.4, 0.5) is 4.79 Å². The van der Waals surface area contributed by atoms with Gasteiger partial charge in [0.25, 0.3) is 0 Å². The van der Waals surface area contributed by atoms with Gasteiger partial charge in [-0.25, -0.2) is 4.79 Å². The molecule has 2 amide bonds. The van der Waals surface area contributed by atoms with Crippen LogP contribution in [-0.4, -0.2) is 38.8 Å². The smallest absolute Gasteiger partial charge is 0.318 e. The van der Waals surface area contributed by atoms with Gasteiger partial charge in [0.15, 0.2) is 11.5 Å². The van der Waals surface area contributed by atoms with Gasteiger partial charge < -0.3 is 24.4 Å². The summed E-state index contributed by atoms with van der Waals surface area (Å²) >= 11 is 1.70. The van der Waals surface area contributed by atoms with Crippen LogP contribution in [0, 0.1) is 0 Å². The zero-order valence-electron chi connectivity index (χ0n) is 15.3. The number of benzene rings is 1. The van der Waals surface area contributed by atoms with Crippen LogP contribution in [0.3, 0.4) is 0 Å². The average molecular weight is 376 g/mol. The lowest BCUT2D eigenvalue weighted by Crippen LogP contribution is -2.38. The first-order valence-electron chi connectivity index (χ1n) is 8.54. The molecule has 0 bridgehead atoms. The number of methoxy groups -OCH3 is 3. The highest BCUT2D eigenvalue weighted by Crippen LogP contribution is 2.38. The van der Waals surface area contributed by atoms with E-state index in [0.29, 0.717) is 23.8 Å². The zero-order chi connectivity index (χ0) is 18.5. The first-order chi connectivity index (χ1) is 12.7. The second-order valence-corrected chi connectivity index (χ2v) is 7.04. The van der Waals surface area contributed by atoms with Gasteiger partial charge >= 0.3 is 6.03 Å². The van der Waals surface area contributed by atoms with E-state index in [1.807, 2.05) is 23.1 Å². The minimum absolute atomic E-state index is 0.0466. The van der Waals surface area contributed by atoms with Crippen LogP contribution in [0.25, 0.3) is 0 Å². The molecule has 0 aliphatic carbocycles. The fraction of sp³-hybridized carbons (Fsp3) is 0.421. The average Bonchev–Trinajstić information content (AvgIpc) is 3.35. The molecule has 3 rings (SSSR count). The number of hydrogen-bond donors (Lipinski definition) is 1. The molecule has 140 valence electrons. The predicted molar refractivity (Wildman–Crippen MR) is 101 cm³/mol. The number of urea groups is 1. The molecule has 1 N–H and O–H groups in total. The van der Waals surface area contributed by atoms with E-state index in [1.165, 1.54) is 4.88 Å². The molecule has 1 aromatic heterocycles. The molecule has 1 unspecified atom stereocenters. The molecule has 0 spiro atoms. The number of rotatable bonds is 6. The van der Waals surface area contributed by atoms with Gasteiger partial charge in [0.05, 0.1) is 27.4 Å². The molecular formula is C19H24N2O4S. The van der Waals surface area contributed by atoms with Gasteiger partial charge in [-0.15, -0.1) is 11.3 Å². The van der Waals surface area contributed by atoms with Crippen molar-refractivity contribution in [3.05, 3.63) is 40.1 Å². The van der Waals surface area contributed by atoms with Crippen molar-refractivity contribution in [3.63, 3.8) is 0 Å². The number of nitrogens with one attached hydrogen (secondary N) is 1. The summed E-state index contributed by atoms with van der Waals surface area (Å²) in [6.07, 6.45) is 2.04. The van der Waals surface area contributed by atoms with Crippen LogP contribution in [-0.2, 0) is 6.54 Å². The van der Waals surface area contributed by atoms with Crippen molar-refractivity contribution in [2.75, 3.05) is 27.9 Å². The number of carbonyl (C=O) groups excluding carboxylic acids is 1. The summed E-state index contributed by atoms with van der Waals surface area (Å²) in [4.78, 5) is 15.9. The molecule has 7 heteroatoms. The van der Waals surface area contributed by atoms with Gasteiger partial charge in [-0.2, -0.15) is 0 Å². The van der Waals surface area contributed by atoms with E-state index in [4.69, 9.17) is 14.2 Å². The Labute approximate surface area is 157 Å². The summed E-state index contributed by atoms with van der Waals surface area (Å²) < 4.78 is 16.1. The van der Waals surface area contributed by atoms with Crippen molar-refractivity contribution in [1.82, 2.24) is 10.2 Å². The minimum atomic E-state index is -0.0466. The highest BCUT2D eigenvalue weighted by Gasteiger charge is 2.30. The van der Waals surface area contributed by atoms with Crippen LogP contribution < -0.4 is 19.5 Å². The summed E-state index contributed by atoms with van der Waals surface area (Å²) in [6, 6.07) is 7.96. The second-order valence-electron chi connectivity index (χ2n) is 6.06. The molecule has 1 aliphatic rings. The molecule has 2 heterocycles. The Morgan fingerprint density at radius 3 is 2.54 bits per heavy atom. The Morgan fingerprint density at radius 2 is 1.96 bits per heavy atom. The maximum absolute atomic E-state index is 12.7. The van der Waals surface area contributed by atoms with E-state index in [9.17, 15) is 4.79 Å². The van der Waals surface area contributed by atoms with Gasteiger partial charge in [-0.3, -0.25) is 0 Å². The van der Waals surface area contributed by atoms with E-state index in [0.717, 1.165) is 24.9 Å². The Morgan fingerprint density at radius 1 is 1.23 bits per heavy atom. The van der Waals surface area contributed by atoms with Crippen molar-refractivity contribution < 1.29 is 19.0 Å². The van der Waals surface area contributed by atoms with Crippen molar-refractivity contribution >= 4 is 17.4 Å². The third-order valence-electron chi connectivity index (χ3n) is 4.55. The number of likely N-dealkylation sites (tertiary alicyclic amines) is 1.